The summed E-state index contributed by atoms with van der Waals surface area (Å²) in [6.45, 7) is 5.77. The molecule has 116 valence electrons. The van der Waals surface area contributed by atoms with E-state index >= 15 is 0 Å². The van der Waals surface area contributed by atoms with Gasteiger partial charge in [-0.25, -0.2) is 0 Å². The molecule has 0 spiro atoms. The van der Waals surface area contributed by atoms with Gasteiger partial charge in [-0.15, -0.1) is 0 Å². The number of methoxy groups -OCH3 is 1. The highest BCUT2D eigenvalue weighted by Crippen LogP contribution is 2.20. The number of nitrogens with one attached hydrogen (secondary N) is 1. The van der Waals surface area contributed by atoms with Crippen LogP contribution in [0.25, 0.3) is 0 Å². The van der Waals surface area contributed by atoms with Crippen LogP contribution in [-0.2, 0) is 4.79 Å². The molecule has 2 N–H and O–H groups in total. The fourth-order valence-corrected chi connectivity index (χ4v) is 2.10. The Hall–Kier alpha value is -1.88. The van der Waals surface area contributed by atoms with Crippen molar-refractivity contribution in [2.24, 2.45) is 0 Å². The number of ketones is 1. The maximum absolute atomic E-state index is 12.5. The lowest BCUT2D eigenvalue weighted by molar-refractivity contribution is -0.137. The van der Waals surface area contributed by atoms with Gasteiger partial charge in [-0.3, -0.25) is 9.59 Å². The number of carboxylic acid groups (broad SMARTS) is 1. The molecule has 1 aromatic rings. The number of benzene rings is 1. The van der Waals surface area contributed by atoms with Crippen molar-refractivity contribution in [1.82, 2.24) is 5.32 Å². The molecule has 0 aromatic heterocycles. The van der Waals surface area contributed by atoms with E-state index in [2.05, 4.69) is 5.32 Å². The first-order valence-corrected chi connectivity index (χ1v) is 7.05. The second-order valence-corrected chi connectivity index (χ2v) is 5.18. The minimum atomic E-state index is -0.991. The minimum absolute atomic E-state index is 0.0812. The number of ether oxygens (including phenoxy) is 1. The van der Waals surface area contributed by atoms with E-state index < -0.39 is 12.0 Å². The summed E-state index contributed by atoms with van der Waals surface area (Å²) in [5.74, 6) is -0.492. The van der Waals surface area contributed by atoms with Crippen molar-refractivity contribution < 1.29 is 19.4 Å². The Morgan fingerprint density at radius 2 is 2.05 bits per heavy atom. The number of hydrogen-bond acceptors (Lipinski definition) is 4. The van der Waals surface area contributed by atoms with E-state index in [0.29, 0.717) is 11.3 Å². The van der Waals surface area contributed by atoms with Crippen LogP contribution in [0.1, 0.15) is 42.6 Å². The highest BCUT2D eigenvalue weighted by molar-refractivity contribution is 6.02. The molecule has 1 rings (SSSR count). The topological polar surface area (TPSA) is 75.6 Å². The van der Waals surface area contributed by atoms with Gasteiger partial charge < -0.3 is 15.2 Å². The van der Waals surface area contributed by atoms with E-state index in [1.807, 2.05) is 20.8 Å². The zero-order valence-corrected chi connectivity index (χ0v) is 13.0. The second kappa shape index (κ2) is 7.78. The number of aryl methyl sites for hydroxylation is 1. The van der Waals surface area contributed by atoms with Gasteiger partial charge in [0, 0.05) is 11.6 Å². The van der Waals surface area contributed by atoms with Crippen molar-refractivity contribution in [1.29, 1.82) is 0 Å². The lowest BCUT2D eigenvalue weighted by atomic mass is 9.98. The lowest BCUT2D eigenvalue weighted by Gasteiger charge is -2.20. The highest BCUT2D eigenvalue weighted by atomic mass is 16.5. The predicted octanol–water partition coefficient (Wildman–Crippen LogP) is 2.42. The number of carbonyl (C=O) groups excluding carboxylic acids is 1. The number of rotatable bonds is 8. The molecule has 0 amide bonds. The summed E-state index contributed by atoms with van der Waals surface area (Å²) in [5, 5.41) is 12.1. The second-order valence-electron chi connectivity index (χ2n) is 5.18. The monoisotopic (exact) mass is 293 g/mol. The summed E-state index contributed by atoms with van der Waals surface area (Å²) in [4.78, 5) is 23.5. The molecule has 0 aliphatic carbocycles. The standard InChI is InChI=1S/C16H23NO4/c1-5-11(3)17-13(9-15(18)19)16(20)12-6-7-14(21-4)10(2)8-12/h6-8,11,13,17H,5,9H2,1-4H3,(H,18,19). The zero-order chi connectivity index (χ0) is 16.0. The highest BCUT2D eigenvalue weighted by Gasteiger charge is 2.24. The van der Waals surface area contributed by atoms with E-state index in [-0.39, 0.29) is 18.2 Å². The van der Waals surface area contributed by atoms with E-state index in [0.717, 1.165) is 12.0 Å². The van der Waals surface area contributed by atoms with Crippen molar-refractivity contribution in [3.05, 3.63) is 29.3 Å². The molecule has 0 heterocycles. The molecule has 2 atom stereocenters. The summed E-state index contributed by atoms with van der Waals surface area (Å²) in [7, 11) is 1.57. The number of hydrogen-bond donors (Lipinski definition) is 2. The van der Waals surface area contributed by atoms with Gasteiger partial charge >= 0.3 is 5.97 Å². The Balaban J connectivity index is 2.98. The van der Waals surface area contributed by atoms with Gasteiger partial charge in [0.15, 0.2) is 5.78 Å². The van der Waals surface area contributed by atoms with Crippen molar-refractivity contribution >= 4 is 11.8 Å². The number of carboxylic acids is 1. The van der Waals surface area contributed by atoms with Gasteiger partial charge in [0.1, 0.15) is 5.75 Å². The van der Waals surface area contributed by atoms with Crippen LogP contribution in [0.15, 0.2) is 18.2 Å². The van der Waals surface area contributed by atoms with Crippen LogP contribution >= 0.6 is 0 Å². The molecule has 0 fully saturated rings. The maximum atomic E-state index is 12.5. The number of aliphatic carboxylic acids is 1. The molecular weight excluding hydrogens is 270 g/mol. The average molecular weight is 293 g/mol. The molecule has 21 heavy (non-hydrogen) atoms. The molecule has 5 nitrogen and oxygen atoms in total. The number of Topliss-reactive ketones (excluding diaryl/α,β-unsaturated/α-hetero) is 1. The van der Waals surface area contributed by atoms with Gasteiger partial charge in [-0.2, -0.15) is 0 Å². The third-order valence-corrected chi connectivity index (χ3v) is 3.47. The fourth-order valence-electron chi connectivity index (χ4n) is 2.10. The van der Waals surface area contributed by atoms with Crippen molar-refractivity contribution in [3.63, 3.8) is 0 Å². The molecule has 5 heteroatoms. The number of carbonyl (C=O) groups is 2. The van der Waals surface area contributed by atoms with Crippen molar-refractivity contribution in [2.45, 2.75) is 45.7 Å². The SMILES string of the molecule is CCC(C)NC(CC(=O)O)C(=O)c1ccc(OC)c(C)c1. The first-order valence-electron chi connectivity index (χ1n) is 7.05. The Kier molecular flexibility index (Phi) is 6.37. The smallest absolute Gasteiger partial charge is 0.305 e. The van der Waals surface area contributed by atoms with Crippen LogP contribution in [-0.4, -0.2) is 36.1 Å². The predicted molar refractivity (Wildman–Crippen MR) is 81.0 cm³/mol. The van der Waals surface area contributed by atoms with E-state index in [1.54, 1.807) is 25.3 Å². The molecule has 0 saturated heterocycles. The normalized spacial score (nSPS) is 13.5. The zero-order valence-electron chi connectivity index (χ0n) is 13.0. The molecule has 2 unspecified atom stereocenters. The third-order valence-electron chi connectivity index (χ3n) is 3.47. The Labute approximate surface area is 125 Å². The summed E-state index contributed by atoms with van der Waals surface area (Å²) in [6, 6.07) is 4.49. The first kappa shape index (κ1) is 17.2. The summed E-state index contributed by atoms with van der Waals surface area (Å²) < 4.78 is 5.17. The summed E-state index contributed by atoms with van der Waals surface area (Å²) in [6.07, 6.45) is 0.597. The Bertz CT molecular complexity index is 513. The van der Waals surface area contributed by atoms with Crippen LogP contribution < -0.4 is 10.1 Å². The van der Waals surface area contributed by atoms with Crippen LogP contribution in [0.3, 0.4) is 0 Å². The lowest BCUT2D eigenvalue weighted by Crippen LogP contribution is -2.43. The Morgan fingerprint density at radius 1 is 1.38 bits per heavy atom. The van der Waals surface area contributed by atoms with Gasteiger partial charge in [-0.05, 0) is 44.0 Å². The fraction of sp³-hybridized carbons (Fsp3) is 0.500. The molecular formula is C16H23NO4. The van der Waals surface area contributed by atoms with E-state index in [9.17, 15) is 9.59 Å². The first-order chi connectivity index (χ1) is 9.88. The average Bonchev–Trinajstić information content (AvgIpc) is 2.45. The summed E-state index contributed by atoms with van der Waals surface area (Å²) in [5.41, 5.74) is 1.34. The molecule has 1 aromatic carbocycles. The van der Waals surface area contributed by atoms with Crippen LogP contribution in [0, 0.1) is 6.92 Å². The van der Waals surface area contributed by atoms with E-state index in [4.69, 9.17) is 9.84 Å². The molecule has 0 aliphatic rings. The van der Waals surface area contributed by atoms with Gasteiger partial charge in [0.25, 0.3) is 0 Å². The van der Waals surface area contributed by atoms with Gasteiger partial charge in [-0.1, -0.05) is 6.92 Å². The van der Waals surface area contributed by atoms with Crippen LogP contribution in [0.2, 0.25) is 0 Å². The van der Waals surface area contributed by atoms with Crippen LogP contribution in [0.5, 0.6) is 5.75 Å². The largest absolute Gasteiger partial charge is 0.496 e. The third kappa shape index (κ3) is 4.86. The molecule has 0 aliphatic heterocycles. The minimum Gasteiger partial charge on any atom is -0.496 e. The quantitative estimate of drug-likeness (QED) is 0.720. The Morgan fingerprint density at radius 3 is 2.52 bits per heavy atom. The summed E-state index contributed by atoms with van der Waals surface area (Å²) >= 11 is 0. The molecule has 0 saturated carbocycles. The van der Waals surface area contributed by atoms with E-state index in [1.165, 1.54) is 0 Å². The van der Waals surface area contributed by atoms with Crippen molar-refractivity contribution in [3.8, 4) is 5.75 Å². The maximum Gasteiger partial charge on any atom is 0.305 e. The van der Waals surface area contributed by atoms with Crippen LogP contribution in [0.4, 0.5) is 0 Å². The molecule has 0 bridgehead atoms. The van der Waals surface area contributed by atoms with Gasteiger partial charge in [0.2, 0.25) is 0 Å². The van der Waals surface area contributed by atoms with Crippen molar-refractivity contribution in [2.75, 3.05) is 7.11 Å². The molecule has 0 radical (unpaired) electrons. The van der Waals surface area contributed by atoms with Gasteiger partial charge in [0.05, 0.1) is 19.6 Å².